The minimum Gasteiger partial charge on any atom is -0.385 e. The summed E-state index contributed by atoms with van der Waals surface area (Å²) in [5.41, 5.74) is 0.909. The second-order valence-electron chi connectivity index (χ2n) is 6.83. The molecular formula is C19H30F2IN3O. The van der Waals surface area contributed by atoms with Gasteiger partial charge in [0.25, 0.3) is 0 Å². The third-order valence-corrected chi connectivity index (χ3v) is 4.98. The summed E-state index contributed by atoms with van der Waals surface area (Å²) < 4.78 is 31.7. The second-order valence-corrected chi connectivity index (χ2v) is 6.83. The van der Waals surface area contributed by atoms with Crippen LogP contribution in [0.1, 0.15) is 37.7 Å². The van der Waals surface area contributed by atoms with Crippen molar-refractivity contribution in [2.45, 2.75) is 38.5 Å². The highest BCUT2D eigenvalue weighted by molar-refractivity contribution is 14.0. The number of aliphatic imine (C=N–C) groups is 1. The normalized spacial score (nSPS) is 16.2. The van der Waals surface area contributed by atoms with Gasteiger partial charge >= 0.3 is 0 Å². The van der Waals surface area contributed by atoms with Crippen LogP contribution in [0.4, 0.5) is 8.78 Å². The predicted molar refractivity (Wildman–Crippen MR) is 112 cm³/mol. The van der Waals surface area contributed by atoms with Gasteiger partial charge in [0.05, 0.1) is 0 Å². The van der Waals surface area contributed by atoms with E-state index < -0.39 is 11.6 Å². The fourth-order valence-electron chi connectivity index (χ4n) is 3.53. The molecule has 0 saturated heterocycles. The maximum absolute atomic E-state index is 13.2. The van der Waals surface area contributed by atoms with E-state index in [-0.39, 0.29) is 29.4 Å². The van der Waals surface area contributed by atoms with Gasteiger partial charge in [-0.25, -0.2) is 8.78 Å². The summed E-state index contributed by atoms with van der Waals surface area (Å²) in [6.45, 7) is 2.21. The highest BCUT2D eigenvalue weighted by Crippen LogP contribution is 2.40. The average molecular weight is 481 g/mol. The van der Waals surface area contributed by atoms with Crippen molar-refractivity contribution in [3.8, 4) is 0 Å². The highest BCUT2D eigenvalue weighted by atomic mass is 127. The molecule has 0 unspecified atom stereocenters. The molecule has 1 saturated carbocycles. The zero-order chi connectivity index (χ0) is 18.1. The third kappa shape index (κ3) is 7.34. The van der Waals surface area contributed by atoms with Crippen LogP contribution in [0.5, 0.6) is 0 Å². The number of rotatable bonds is 8. The maximum atomic E-state index is 13.2. The smallest absolute Gasteiger partial charge is 0.191 e. The van der Waals surface area contributed by atoms with Gasteiger partial charge in [-0.3, -0.25) is 4.99 Å². The summed E-state index contributed by atoms with van der Waals surface area (Å²) in [4.78, 5) is 4.24. The number of hydrogen-bond donors (Lipinski definition) is 2. The van der Waals surface area contributed by atoms with Crippen molar-refractivity contribution >= 4 is 29.9 Å². The van der Waals surface area contributed by atoms with Gasteiger partial charge in [-0.2, -0.15) is 0 Å². The van der Waals surface area contributed by atoms with Gasteiger partial charge in [0.2, 0.25) is 0 Å². The van der Waals surface area contributed by atoms with E-state index in [1.165, 1.54) is 37.8 Å². The molecule has 0 amide bonds. The van der Waals surface area contributed by atoms with Gasteiger partial charge in [-0.15, -0.1) is 24.0 Å². The molecule has 0 bridgehead atoms. The van der Waals surface area contributed by atoms with Gasteiger partial charge in [0, 0.05) is 39.9 Å². The van der Waals surface area contributed by atoms with Crippen molar-refractivity contribution in [3.63, 3.8) is 0 Å². The molecule has 0 atom stereocenters. The molecule has 0 heterocycles. The predicted octanol–water partition coefficient (Wildman–Crippen LogP) is 3.89. The minimum atomic E-state index is -0.543. The molecule has 0 aliphatic heterocycles. The second kappa shape index (κ2) is 11.7. The summed E-state index contributed by atoms with van der Waals surface area (Å²) in [5.74, 6) is -0.363. The number of benzene rings is 1. The Morgan fingerprint density at radius 1 is 1.15 bits per heavy atom. The average Bonchev–Trinajstić information content (AvgIpc) is 3.04. The molecule has 148 valence electrons. The Hall–Kier alpha value is -0.960. The molecule has 0 radical (unpaired) electrons. The van der Waals surface area contributed by atoms with Crippen molar-refractivity contribution in [3.05, 3.63) is 35.4 Å². The molecule has 26 heavy (non-hydrogen) atoms. The van der Waals surface area contributed by atoms with Gasteiger partial charge in [0.15, 0.2) is 5.96 Å². The molecular weight excluding hydrogens is 451 g/mol. The van der Waals surface area contributed by atoms with Gasteiger partial charge in [-0.1, -0.05) is 12.8 Å². The Kier molecular flexibility index (Phi) is 10.4. The topological polar surface area (TPSA) is 45.7 Å². The van der Waals surface area contributed by atoms with Crippen molar-refractivity contribution in [1.29, 1.82) is 0 Å². The summed E-state index contributed by atoms with van der Waals surface area (Å²) in [6, 6.07) is 3.61. The Balaban J connectivity index is 0.00000338. The summed E-state index contributed by atoms with van der Waals surface area (Å²) in [6.07, 6.45) is 6.54. The first-order chi connectivity index (χ1) is 12.1. The lowest BCUT2D eigenvalue weighted by Gasteiger charge is -2.30. The van der Waals surface area contributed by atoms with Gasteiger partial charge in [0.1, 0.15) is 11.6 Å². The quantitative estimate of drug-likeness (QED) is 0.337. The number of guanidine groups is 1. The van der Waals surface area contributed by atoms with Crippen molar-refractivity contribution in [2.24, 2.45) is 10.4 Å². The van der Waals surface area contributed by atoms with Crippen LogP contribution in [0.2, 0.25) is 0 Å². The zero-order valence-electron chi connectivity index (χ0n) is 15.6. The summed E-state index contributed by atoms with van der Waals surface area (Å²) >= 11 is 0. The van der Waals surface area contributed by atoms with E-state index in [9.17, 15) is 8.78 Å². The van der Waals surface area contributed by atoms with E-state index >= 15 is 0 Å². The molecule has 1 aliphatic rings. The lowest BCUT2D eigenvalue weighted by Crippen LogP contribution is -2.43. The molecule has 0 spiro atoms. The highest BCUT2D eigenvalue weighted by Gasteiger charge is 2.33. The maximum Gasteiger partial charge on any atom is 0.191 e. The largest absolute Gasteiger partial charge is 0.385 e. The first-order valence-electron chi connectivity index (χ1n) is 8.95. The first-order valence-corrected chi connectivity index (χ1v) is 8.95. The third-order valence-electron chi connectivity index (χ3n) is 4.98. The molecule has 1 aliphatic carbocycles. The van der Waals surface area contributed by atoms with Crippen LogP contribution >= 0.6 is 24.0 Å². The van der Waals surface area contributed by atoms with E-state index in [1.807, 2.05) is 0 Å². The fourth-order valence-corrected chi connectivity index (χ4v) is 3.53. The van der Waals surface area contributed by atoms with Crippen LogP contribution in [-0.4, -0.2) is 39.8 Å². The van der Waals surface area contributed by atoms with E-state index in [1.54, 1.807) is 14.2 Å². The van der Waals surface area contributed by atoms with Crippen LogP contribution in [0, 0.1) is 17.0 Å². The van der Waals surface area contributed by atoms with Crippen LogP contribution in [0.3, 0.4) is 0 Å². The first kappa shape index (κ1) is 23.1. The van der Waals surface area contributed by atoms with Crippen LogP contribution in [0.25, 0.3) is 0 Å². The van der Waals surface area contributed by atoms with Crippen molar-refractivity contribution in [2.75, 3.05) is 33.9 Å². The standard InChI is InChI=1S/C19H29F2N3O.HI/c1-22-18(23-9-5-15-11-16(20)13-17(21)12-15)24-14-19(8-10-25-2)6-3-4-7-19;/h11-13H,3-10,14H2,1-2H3,(H2,22,23,24);1H. The van der Waals surface area contributed by atoms with Gasteiger partial charge < -0.3 is 15.4 Å². The fraction of sp³-hybridized carbons (Fsp3) is 0.632. The number of nitrogens with one attached hydrogen (secondary N) is 2. The molecule has 0 aromatic heterocycles. The molecule has 1 aromatic carbocycles. The number of hydrogen-bond acceptors (Lipinski definition) is 2. The van der Waals surface area contributed by atoms with Crippen LogP contribution in [-0.2, 0) is 11.2 Å². The Bertz CT molecular complexity index is 558. The lowest BCUT2D eigenvalue weighted by molar-refractivity contribution is 0.138. The summed E-state index contributed by atoms with van der Waals surface area (Å²) in [7, 11) is 3.47. The van der Waals surface area contributed by atoms with Crippen LogP contribution < -0.4 is 10.6 Å². The van der Waals surface area contributed by atoms with E-state index in [2.05, 4.69) is 15.6 Å². The number of methoxy groups -OCH3 is 1. The van der Waals surface area contributed by atoms with Gasteiger partial charge in [-0.05, 0) is 48.8 Å². The Morgan fingerprint density at radius 2 is 1.81 bits per heavy atom. The lowest BCUT2D eigenvalue weighted by atomic mass is 9.83. The molecule has 2 rings (SSSR count). The van der Waals surface area contributed by atoms with Crippen LogP contribution in [0.15, 0.2) is 23.2 Å². The molecule has 7 heteroatoms. The molecule has 4 nitrogen and oxygen atoms in total. The number of nitrogens with zero attached hydrogens (tertiary/aromatic N) is 1. The van der Waals surface area contributed by atoms with E-state index in [0.717, 1.165) is 31.6 Å². The van der Waals surface area contributed by atoms with Crippen molar-refractivity contribution < 1.29 is 13.5 Å². The Morgan fingerprint density at radius 3 is 2.38 bits per heavy atom. The van der Waals surface area contributed by atoms with E-state index in [0.29, 0.717) is 18.5 Å². The molecule has 2 N–H and O–H groups in total. The zero-order valence-corrected chi connectivity index (χ0v) is 17.9. The van der Waals surface area contributed by atoms with E-state index in [4.69, 9.17) is 4.74 Å². The summed E-state index contributed by atoms with van der Waals surface area (Å²) in [5, 5.41) is 6.62. The molecule has 1 aromatic rings. The number of ether oxygens (including phenoxy) is 1. The Labute approximate surface area is 172 Å². The minimum absolute atomic E-state index is 0. The SMILES string of the molecule is CN=C(NCCc1cc(F)cc(F)c1)NCC1(CCOC)CCCC1.I. The monoisotopic (exact) mass is 481 g/mol. The molecule has 1 fully saturated rings. The number of halogens is 3. The van der Waals surface area contributed by atoms with Crippen molar-refractivity contribution in [1.82, 2.24) is 10.6 Å².